The molecule has 0 saturated carbocycles. The van der Waals surface area contributed by atoms with Gasteiger partial charge in [0.15, 0.2) is 0 Å². The van der Waals surface area contributed by atoms with Crippen molar-refractivity contribution in [3.05, 3.63) is 34.2 Å². The van der Waals surface area contributed by atoms with Gasteiger partial charge in [0, 0.05) is 12.7 Å². The van der Waals surface area contributed by atoms with Crippen LogP contribution in [0.2, 0.25) is 0 Å². The van der Waals surface area contributed by atoms with Gasteiger partial charge in [-0.05, 0) is 44.0 Å². The molecule has 1 amide bonds. The summed E-state index contributed by atoms with van der Waals surface area (Å²) >= 11 is 0. The van der Waals surface area contributed by atoms with E-state index in [4.69, 9.17) is 0 Å². The average molecular weight is 235 g/mol. The minimum Gasteiger partial charge on any atom is -0.352 e. The summed E-state index contributed by atoms with van der Waals surface area (Å²) in [6, 6.07) is 3.19. The maximum absolute atomic E-state index is 11.8. The van der Waals surface area contributed by atoms with Crippen LogP contribution < -0.4 is 16.2 Å². The fourth-order valence-corrected chi connectivity index (χ4v) is 2.03. The zero-order chi connectivity index (χ0) is 12.1. The maximum Gasteiger partial charge on any atom is 0.260 e. The fourth-order valence-electron chi connectivity index (χ4n) is 2.03. The Bertz CT molecular complexity index is 435. The van der Waals surface area contributed by atoms with Gasteiger partial charge in [0.25, 0.3) is 11.5 Å². The number of carbonyl (C=O) groups excluding carboxylic acids is 1. The van der Waals surface area contributed by atoms with Crippen LogP contribution in [0.1, 0.15) is 23.2 Å². The van der Waals surface area contributed by atoms with E-state index in [0.29, 0.717) is 12.5 Å². The van der Waals surface area contributed by atoms with E-state index < -0.39 is 0 Å². The van der Waals surface area contributed by atoms with Gasteiger partial charge in [-0.1, -0.05) is 0 Å². The molecule has 1 aliphatic rings. The van der Waals surface area contributed by atoms with Crippen molar-refractivity contribution in [2.24, 2.45) is 5.92 Å². The molecule has 3 N–H and O–H groups in total. The predicted octanol–water partition coefficient (Wildman–Crippen LogP) is 0.104. The van der Waals surface area contributed by atoms with Gasteiger partial charge < -0.3 is 15.6 Å². The van der Waals surface area contributed by atoms with Gasteiger partial charge in [-0.25, -0.2) is 0 Å². The van der Waals surface area contributed by atoms with E-state index in [-0.39, 0.29) is 17.0 Å². The standard InChI is InChI=1S/C12H17N3O2/c16-11-10(4-2-6-14-11)12(17)15-8-9-3-1-5-13-7-9/h2,4,6,9,13H,1,3,5,7-8H2,(H,14,16)(H,15,17). The van der Waals surface area contributed by atoms with Gasteiger partial charge in [-0.15, -0.1) is 0 Å². The van der Waals surface area contributed by atoms with Crippen LogP contribution in [0.4, 0.5) is 0 Å². The number of carbonyl (C=O) groups is 1. The molecule has 1 aliphatic heterocycles. The molecule has 0 aromatic carbocycles. The van der Waals surface area contributed by atoms with Crippen molar-refractivity contribution in [2.45, 2.75) is 12.8 Å². The Labute approximate surface area is 99.6 Å². The first-order chi connectivity index (χ1) is 8.27. The van der Waals surface area contributed by atoms with Gasteiger partial charge >= 0.3 is 0 Å². The SMILES string of the molecule is O=C(NCC1CCCNC1)c1ccc[nH]c1=O. The van der Waals surface area contributed by atoms with Gasteiger partial charge in [-0.3, -0.25) is 9.59 Å². The smallest absolute Gasteiger partial charge is 0.260 e. The normalized spacial score (nSPS) is 19.9. The lowest BCUT2D eigenvalue weighted by Crippen LogP contribution is -2.39. The predicted molar refractivity (Wildman–Crippen MR) is 65.0 cm³/mol. The molecule has 1 unspecified atom stereocenters. The third-order valence-corrected chi connectivity index (χ3v) is 3.01. The van der Waals surface area contributed by atoms with E-state index in [9.17, 15) is 9.59 Å². The van der Waals surface area contributed by atoms with Crippen LogP contribution in [0.25, 0.3) is 0 Å². The molecule has 5 heteroatoms. The number of aromatic nitrogens is 1. The number of piperidine rings is 1. The van der Waals surface area contributed by atoms with E-state index in [0.717, 1.165) is 25.9 Å². The van der Waals surface area contributed by atoms with Gasteiger partial charge in [0.2, 0.25) is 0 Å². The Balaban J connectivity index is 1.89. The molecule has 1 aromatic rings. The van der Waals surface area contributed by atoms with Gasteiger partial charge in [0.1, 0.15) is 5.56 Å². The fraction of sp³-hybridized carbons (Fsp3) is 0.500. The molecule has 1 atom stereocenters. The molecule has 0 spiro atoms. The highest BCUT2D eigenvalue weighted by molar-refractivity contribution is 5.93. The van der Waals surface area contributed by atoms with E-state index in [2.05, 4.69) is 15.6 Å². The quantitative estimate of drug-likeness (QED) is 0.696. The molecule has 1 aromatic heterocycles. The Kier molecular flexibility index (Phi) is 3.93. The van der Waals surface area contributed by atoms with Gasteiger partial charge in [0.05, 0.1) is 0 Å². The van der Waals surface area contributed by atoms with Crippen LogP contribution in [0.3, 0.4) is 0 Å². The molecule has 0 aliphatic carbocycles. The monoisotopic (exact) mass is 235 g/mol. The summed E-state index contributed by atoms with van der Waals surface area (Å²) in [5.74, 6) is 0.174. The molecule has 17 heavy (non-hydrogen) atoms. The summed E-state index contributed by atoms with van der Waals surface area (Å²) in [5.41, 5.74) is -0.164. The molecule has 1 fully saturated rings. The first-order valence-corrected chi connectivity index (χ1v) is 5.94. The molecular weight excluding hydrogens is 218 g/mol. The number of amides is 1. The summed E-state index contributed by atoms with van der Waals surface area (Å²) in [5, 5.41) is 6.10. The zero-order valence-electron chi connectivity index (χ0n) is 9.66. The Morgan fingerprint density at radius 3 is 3.12 bits per heavy atom. The third-order valence-electron chi connectivity index (χ3n) is 3.01. The molecular formula is C12H17N3O2. The second-order valence-corrected chi connectivity index (χ2v) is 4.34. The third kappa shape index (κ3) is 3.17. The van der Waals surface area contributed by atoms with Crippen LogP contribution in [0, 0.1) is 5.92 Å². The van der Waals surface area contributed by atoms with Crippen LogP contribution in [0.15, 0.2) is 23.1 Å². The molecule has 92 valence electrons. The molecule has 0 bridgehead atoms. The Hall–Kier alpha value is -1.62. The van der Waals surface area contributed by atoms with E-state index >= 15 is 0 Å². The first kappa shape index (κ1) is 11.9. The Morgan fingerprint density at radius 1 is 1.53 bits per heavy atom. The highest BCUT2D eigenvalue weighted by Gasteiger charge is 2.15. The number of nitrogens with one attached hydrogen (secondary N) is 3. The van der Waals surface area contributed by atoms with E-state index in [1.54, 1.807) is 6.07 Å². The lowest BCUT2D eigenvalue weighted by molar-refractivity contribution is 0.0943. The second kappa shape index (κ2) is 5.63. The minimum absolute atomic E-state index is 0.177. The largest absolute Gasteiger partial charge is 0.352 e. The molecule has 2 heterocycles. The summed E-state index contributed by atoms with van der Waals surface area (Å²) in [4.78, 5) is 25.6. The van der Waals surface area contributed by atoms with Crippen LogP contribution >= 0.6 is 0 Å². The van der Waals surface area contributed by atoms with Crippen molar-refractivity contribution < 1.29 is 4.79 Å². The summed E-state index contributed by atoms with van der Waals surface area (Å²) in [6.45, 7) is 2.62. The van der Waals surface area contributed by atoms with Crippen molar-refractivity contribution in [3.8, 4) is 0 Å². The highest BCUT2D eigenvalue weighted by Crippen LogP contribution is 2.08. The number of pyridine rings is 1. The Morgan fingerprint density at radius 2 is 2.41 bits per heavy atom. The van der Waals surface area contributed by atoms with Crippen LogP contribution in [-0.2, 0) is 0 Å². The molecule has 0 radical (unpaired) electrons. The minimum atomic E-state index is -0.341. The lowest BCUT2D eigenvalue weighted by Gasteiger charge is -2.22. The molecule has 2 rings (SSSR count). The van der Waals surface area contributed by atoms with Crippen LogP contribution in [0.5, 0.6) is 0 Å². The van der Waals surface area contributed by atoms with Crippen molar-refractivity contribution in [3.63, 3.8) is 0 Å². The van der Waals surface area contributed by atoms with Crippen molar-refractivity contribution in [1.82, 2.24) is 15.6 Å². The summed E-state index contributed by atoms with van der Waals surface area (Å²) in [7, 11) is 0. The topological polar surface area (TPSA) is 74.0 Å². The van der Waals surface area contributed by atoms with Crippen molar-refractivity contribution in [2.75, 3.05) is 19.6 Å². The number of hydrogen-bond acceptors (Lipinski definition) is 3. The van der Waals surface area contributed by atoms with Crippen LogP contribution in [-0.4, -0.2) is 30.5 Å². The highest BCUT2D eigenvalue weighted by atomic mass is 16.2. The molecule has 1 saturated heterocycles. The zero-order valence-corrected chi connectivity index (χ0v) is 9.66. The lowest BCUT2D eigenvalue weighted by atomic mass is 10.00. The maximum atomic E-state index is 11.8. The van der Waals surface area contributed by atoms with Crippen molar-refractivity contribution in [1.29, 1.82) is 0 Å². The number of hydrogen-bond donors (Lipinski definition) is 3. The van der Waals surface area contributed by atoms with E-state index in [1.165, 1.54) is 12.3 Å². The number of aromatic amines is 1. The number of H-pyrrole nitrogens is 1. The second-order valence-electron chi connectivity index (χ2n) is 4.34. The first-order valence-electron chi connectivity index (χ1n) is 5.94. The van der Waals surface area contributed by atoms with Crippen molar-refractivity contribution >= 4 is 5.91 Å². The number of rotatable bonds is 3. The average Bonchev–Trinajstić information content (AvgIpc) is 2.38. The van der Waals surface area contributed by atoms with Gasteiger partial charge in [-0.2, -0.15) is 0 Å². The van der Waals surface area contributed by atoms with E-state index in [1.807, 2.05) is 0 Å². The summed E-state index contributed by atoms with van der Waals surface area (Å²) < 4.78 is 0. The molecule has 5 nitrogen and oxygen atoms in total. The summed E-state index contributed by atoms with van der Waals surface area (Å²) in [6.07, 6.45) is 3.79.